The van der Waals surface area contributed by atoms with Crippen LogP contribution in [0.15, 0.2) is 29.3 Å². The third-order valence-corrected chi connectivity index (χ3v) is 5.28. The number of halogens is 1. The highest BCUT2D eigenvalue weighted by molar-refractivity contribution is 14.0. The largest absolute Gasteiger partial charge is 0.497 e. The van der Waals surface area contributed by atoms with Gasteiger partial charge in [0, 0.05) is 12.0 Å². The number of aliphatic imine (C=N–C) groups is 1. The molecule has 3 atom stereocenters. The lowest BCUT2D eigenvalue weighted by Crippen LogP contribution is -2.47. The van der Waals surface area contributed by atoms with Crippen LogP contribution in [-0.4, -0.2) is 44.4 Å². The third kappa shape index (κ3) is 5.03. The zero-order valence-corrected chi connectivity index (χ0v) is 18.6. The van der Waals surface area contributed by atoms with Crippen molar-refractivity contribution >= 4 is 29.9 Å². The van der Waals surface area contributed by atoms with E-state index in [9.17, 15) is 0 Å². The summed E-state index contributed by atoms with van der Waals surface area (Å²) in [5, 5.41) is 6.96. The second-order valence-electron chi connectivity index (χ2n) is 7.67. The van der Waals surface area contributed by atoms with Gasteiger partial charge in [0.2, 0.25) is 0 Å². The van der Waals surface area contributed by atoms with Gasteiger partial charge in [-0.3, -0.25) is 4.99 Å². The Balaban J connectivity index is 0.00000243. The molecule has 1 aromatic rings. The Labute approximate surface area is 174 Å². The maximum atomic E-state index is 5.94. The van der Waals surface area contributed by atoms with Crippen LogP contribution in [0.3, 0.4) is 0 Å². The summed E-state index contributed by atoms with van der Waals surface area (Å²) in [7, 11) is 1.69. The fraction of sp³-hybridized carbons (Fsp3) is 0.650. The molecule has 0 spiro atoms. The van der Waals surface area contributed by atoms with Gasteiger partial charge in [-0.05, 0) is 43.9 Å². The first-order chi connectivity index (χ1) is 12.0. The Morgan fingerprint density at radius 2 is 2.00 bits per heavy atom. The topological polar surface area (TPSA) is 54.9 Å². The Kier molecular flexibility index (Phi) is 7.58. The molecule has 2 fully saturated rings. The normalized spacial score (nSPS) is 24.9. The minimum absolute atomic E-state index is 0. The van der Waals surface area contributed by atoms with Crippen molar-refractivity contribution < 1.29 is 9.47 Å². The molecule has 0 aliphatic carbocycles. The van der Waals surface area contributed by atoms with Gasteiger partial charge in [0.25, 0.3) is 0 Å². The third-order valence-electron chi connectivity index (χ3n) is 5.28. The molecular weight excluding hydrogens is 441 g/mol. The number of benzene rings is 1. The van der Waals surface area contributed by atoms with Crippen LogP contribution in [0.4, 0.5) is 0 Å². The van der Waals surface area contributed by atoms with E-state index in [0.717, 1.165) is 31.2 Å². The number of fused-ring (bicyclic) bond motifs is 2. The van der Waals surface area contributed by atoms with Gasteiger partial charge in [0.05, 0.1) is 31.9 Å². The summed E-state index contributed by atoms with van der Waals surface area (Å²) < 4.78 is 11.2. The maximum Gasteiger partial charge on any atom is 0.191 e. The van der Waals surface area contributed by atoms with E-state index in [4.69, 9.17) is 14.5 Å². The lowest BCUT2D eigenvalue weighted by molar-refractivity contribution is 0.0992. The molecule has 5 nitrogen and oxygen atoms in total. The van der Waals surface area contributed by atoms with Gasteiger partial charge in [-0.25, -0.2) is 0 Å². The van der Waals surface area contributed by atoms with E-state index in [0.29, 0.717) is 18.2 Å². The fourth-order valence-electron chi connectivity index (χ4n) is 3.70. The highest BCUT2D eigenvalue weighted by atomic mass is 127. The number of methoxy groups -OCH3 is 1. The average molecular weight is 473 g/mol. The second-order valence-corrected chi connectivity index (χ2v) is 7.67. The van der Waals surface area contributed by atoms with Crippen molar-refractivity contribution in [3.8, 4) is 5.75 Å². The molecule has 0 amide bonds. The molecule has 2 saturated heterocycles. The molecule has 2 aliphatic rings. The van der Waals surface area contributed by atoms with Crippen LogP contribution >= 0.6 is 24.0 Å². The zero-order valence-electron chi connectivity index (χ0n) is 16.2. The molecular formula is C20H32IN3O2. The van der Waals surface area contributed by atoms with Crippen molar-refractivity contribution in [1.29, 1.82) is 0 Å². The number of hydrogen-bond acceptors (Lipinski definition) is 3. The van der Waals surface area contributed by atoms with Gasteiger partial charge in [-0.2, -0.15) is 0 Å². The Morgan fingerprint density at radius 3 is 2.54 bits per heavy atom. The predicted molar refractivity (Wildman–Crippen MR) is 117 cm³/mol. The first-order valence-corrected chi connectivity index (χ1v) is 9.36. The summed E-state index contributed by atoms with van der Waals surface area (Å²) in [6, 6.07) is 8.66. The van der Waals surface area contributed by atoms with Gasteiger partial charge in [0.1, 0.15) is 5.75 Å². The van der Waals surface area contributed by atoms with Crippen LogP contribution in [0.25, 0.3) is 0 Å². The van der Waals surface area contributed by atoms with Gasteiger partial charge in [-0.1, -0.05) is 26.0 Å². The number of nitrogens with one attached hydrogen (secondary N) is 2. The number of hydrogen-bond donors (Lipinski definition) is 2. The summed E-state index contributed by atoms with van der Waals surface area (Å²) >= 11 is 0. The molecule has 26 heavy (non-hydrogen) atoms. The van der Waals surface area contributed by atoms with Gasteiger partial charge >= 0.3 is 0 Å². The standard InChI is InChI=1S/C20H31N3O2.HI/c1-5-21-19(23-17-12-16-10-11-18(17)25-16)22-13-20(2,3)14-6-8-15(24-4)9-7-14;/h6-9,16-18H,5,10-13H2,1-4H3,(H2,21,22,23);1H. The minimum atomic E-state index is -0.0419. The Morgan fingerprint density at radius 1 is 1.27 bits per heavy atom. The number of ether oxygens (including phenoxy) is 2. The molecule has 0 radical (unpaired) electrons. The summed E-state index contributed by atoms with van der Waals surface area (Å²) in [4.78, 5) is 4.86. The molecule has 1 aromatic carbocycles. The number of rotatable bonds is 6. The molecule has 2 bridgehead atoms. The zero-order chi connectivity index (χ0) is 17.9. The first-order valence-electron chi connectivity index (χ1n) is 9.36. The summed E-state index contributed by atoms with van der Waals surface area (Å²) in [6.07, 6.45) is 4.27. The van der Waals surface area contributed by atoms with Crippen LogP contribution in [0.5, 0.6) is 5.75 Å². The molecule has 6 heteroatoms. The van der Waals surface area contributed by atoms with E-state index in [2.05, 4.69) is 43.5 Å². The molecule has 146 valence electrons. The van der Waals surface area contributed by atoms with E-state index in [1.54, 1.807) is 7.11 Å². The van der Waals surface area contributed by atoms with E-state index >= 15 is 0 Å². The van der Waals surface area contributed by atoms with Gasteiger partial charge in [0.15, 0.2) is 5.96 Å². The monoisotopic (exact) mass is 473 g/mol. The van der Waals surface area contributed by atoms with E-state index < -0.39 is 0 Å². The lowest BCUT2D eigenvalue weighted by Gasteiger charge is -2.26. The smallest absolute Gasteiger partial charge is 0.191 e. The first kappa shape index (κ1) is 21.3. The van der Waals surface area contributed by atoms with E-state index in [1.165, 1.54) is 18.4 Å². The quantitative estimate of drug-likeness (QED) is 0.378. The number of nitrogens with zero attached hydrogens (tertiary/aromatic N) is 1. The fourth-order valence-corrected chi connectivity index (χ4v) is 3.70. The van der Waals surface area contributed by atoms with Crippen LogP contribution in [0.2, 0.25) is 0 Å². The molecule has 3 unspecified atom stereocenters. The van der Waals surface area contributed by atoms with Crippen LogP contribution in [0, 0.1) is 0 Å². The molecule has 0 aromatic heterocycles. The van der Waals surface area contributed by atoms with E-state index in [-0.39, 0.29) is 29.4 Å². The summed E-state index contributed by atoms with van der Waals surface area (Å²) in [5.41, 5.74) is 1.22. The van der Waals surface area contributed by atoms with Crippen molar-refractivity contribution in [3.05, 3.63) is 29.8 Å². The molecule has 2 heterocycles. The van der Waals surface area contributed by atoms with Gasteiger partial charge in [-0.15, -0.1) is 24.0 Å². The van der Waals surface area contributed by atoms with Crippen molar-refractivity contribution in [3.63, 3.8) is 0 Å². The molecule has 0 saturated carbocycles. The second kappa shape index (κ2) is 9.26. The number of guanidine groups is 1. The maximum absolute atomic E-state index is 5.94. The van der Waals surface area contributed by atoms with Crippen molar-refractivity contribution in [2.75, 3.05) is 20.2 Å². The van der Waals surface area contributed by atoms with Crippen molar-refractivity contribution in [2.24, 2.45) is 4.99 Å². The highest BCUT2D eigenvalue weighted by Crippen LogP contribution is 2.34. The van der Waals surface area contributed by atoms with Crippen LogP contribution in [0.1, 0.15) is 45.6 Å². The average Bonchev–Trinajstić information content (AvgIpc) is 3.23. The minimum Gasteiger partial charge on any atom is -0.497 e. The molecule has 2 N–H and O–H groups in total. The predicted octanol–water partition coefficient (Wildman–Crippen LogP) is 3.47. The van der Waals surface area contributed by atoms with Crippen LogP contribution in [-0.2, 0) is 10.2 Å². The van der Waals surface area contributed by atoms with Crippen molar-refractivity contribution in [1.82, 2.24) is 10.6 Å². The molecule has 2 aliphatic heterocycles. The summed E-state index contributed by atoms with van der Waals surface area (Å²) in [6.45, 7) is 8.13. The molecule has 3 rings (SSSR count). The Hall–Kier alpha value is -1.02. The van der Waals surface area contributed by atoms with Crippen LogP contribution < -0.4 is 15.4 Å². The van der Waals surface area contributed by atoms with Crippen molar-refractivity contribution in [2.45, 2.75) is 63.7 Å². The highest BCUT2D eigenvalue weighted by Gasteiger charge is 2.41. The SMILES string of the molecule is CCNC(=NCC(C)(C)c1ccc(OC)cc1)NC1CC2CCC1O2.I. The van der Waals surface area contributed by atoms with E-state index in [1.807, 2.05) is 12.1 Å². The lowest BCUT2D eigenvalue weighted by atomic mass is 9.85. The summed E-state index contributed by atoms with van der Waals surface area (Å²) in [5.74, 6) is 1.78. The van der Waals surface area contributed by atoms with Gasteiger partial charge < -0.3 is 20.1 Å². The Bertz CT molecular complexity index is 604.